The molecule has 0 spiro atoms. The largest absolute Gasteiger partial charge is 0.341 e. The van der Waals surface area contributed by atoms with E-state index in [1.54, 1.807) is 0 Å². The van der Waals surface area contributed by atoms with Crippen LogP contribution in [0, 0.1) is 0 Å². The van der Waals surface area contributed by atoms with Gasteiger partial charge < -0.3 is 10.6 Å². The second-order valence-corrected chi connectivity index (χ2v) is 6.48. The second-order valence-electron chi connectivity index (χ2n) is 6.48. The summed E-state index contributed by atoms with van der Waals surface area (Å²) in [5, 5.41) is 0. The highest BCUT2D eigenvalue weighted by atomic mass is 16.2. The topological polar surface area (TPSA) is 49.6 Å². The third kappa shape index (κ3) is 4.55. The molecule has 4 nitrogen and oxygen atoms in total. The average Bonchev–Trinajstić information content (AvgIpc) is 3.10. The van der Waals surface area contributed by atoms with Crippen molar-refractivity contribution in [1.82, 2.24) is 9.80 Å². The van der Waals surface area contributed by atoms with Crippen LogP contribution < -0.4 is 5.73 Å². The molecule has 0 saturated carbocycles. The Morgan fingerprint density at radius 3 is 2.26 bits per heavy atom. The van der Waals surface area contributed by atoms with Crippen LogP contribution in [-0.4, -0.2) is 47.9 Å². The van der Waals surface area contributed by atoms with Crippen molar-refractivity contribution < 1.29 is 4.79 Å². The third-order valence-corrected chi connectivity index (χ3v) is 5.01. The van der Waals surface area contributed by atoms with E-state index in [1.807, 2.05) is 4.90 Å². The smallest absolute Gasteiger partial charge is 0.239 e. The molecule has 1 aliphatic heterocycles. The zero-order valence-corrected chi connectivity index (χ0v) is 14.8. The summed E-state index contributed by atoms with van der Waals surface area (Å²) in [6, 6.07) is 8.58. The van der Waals surface area contributed by atoms with Gasteiger partial charge in [0.25, 0.3) is 0 Å². The van der Waals surface area contributed by atoms with Crippen LogP contribution in [0.2, 0.25) is 0 Å². The Morgan fingerprint density at radius 2 is 1.74 bits per heavy atom. The van der Waals surface area contributed by atoms with E-state index in [2.05, 4.69) is 49.9 Å². The average molecular weight is 317 g/mol. The number of likely N-dealkylation sites (tertiary alicyclic amines) is 1. The van der Waals surface area contributed by atoms with Crippen LogP contribution in [0.1, 0.15) is 50.8 Å². The Kier molecular flexibility index (Phi) is 6.60. The highest BCUT2D eigenvalue weighted by Gasteiger charge is 2.23. The number of amides is 1. The number of nitrogens with two attached hydrogens (primary N) is 1. The summed E-state index contributed by atoms with van der Waals surface area (Å²) in [6.45, 7) is 10.5. The van der Waals surface area contributed by atoms with E-state index in [-0.39, 0.29) is 5.91 Å². The first kappa shape index (κ1) is 18.0. The van der Waals surface area contributed by atoms with Gasteiger partial charge in [0.15, 0.2) is 0 Å². The molecule has 2 N–H and O–H groups in total. The summed E-state index contributed by atoms with van der Waals surface area (Å²) in [4.78, 5) is 16.6. The molecule has 4 heteroatoms. The van der Waals surface area contributed by atoms with Gasteiger partial charge in [-0.3, -0.25) is 9.69 Å². The normalized spacial score (nSPS) is 17.5. The van der Waals surface area contributed by atoms with Gasteiger partial charge in [0.1, 0.15) is 0 Å². The Morgan fingerprint density at radius 1 is 1.17 bits per heavy atom. The first-order valence-electron chi connectivity index (χ1n) is 8.94. The lowest BCUT2D eigenvalue weighted by molar-refractivity contribution is -0.131. The molecule has 1 aromatic carbocycles. The predicted molar refractivity (Wildman–Crippen MR) is 95.3 cm³/mol. The van der Waals surface area contributed by atoms with Crippen molar-refractivity contribution in [2.45, 2.75) is 52.1 Å². The molecule has 0 aromatic heterocycles. The SMILES string of the molecule is CCN(CC)C(C)c1ccc(CC(N)C(=O)N2CCCC2)cc1. The first-order chi connectivity index (χ1) is 11.1. The summed E-state index contributed by atoms with van der Waals surface area (Å²) in [7, 11) is 0. The summed E-state index contributed by atoms with van der Waals surface area (Å²) in [6.07, 6.45) is 2.84. The van der Waals surface area contributed by atoms with E-state index in [0.29, 0.717) is 12.5 Å². The molecule has 1 amide bonds. The van der Waals surface area contributed by atoms with Crippen molar-refractivity contribution in [3.05, 3.63) is 35.4 Å². The molecule has 1 saturated heterocycles. The zero-order chi connectivity index (χ0) is 16.8. The van der Waals surface area contributed by atoms with Crippen molar-refractivity contribution in [2.24, 2.45) is 5.73 Å². The van der Waals surface area contributed by atoms with Gasteiger partial charge in [-0.05, 0) is 50.4 Å². The van der Waals surface area contributed by atoms with E-state index in [0.717, 1.165) is 44.6 Å². The summed E-state index contributed by atoms with van der Waals surface area (Å²) >= 11 is 0. The number of carbonyl (C=O) groups is 1. The molecule has 0 aliphatic carbocycles. The number of carbonyl (C=O) groups excluding carboxylic acids is 1. The number of nitrogens with zero attached hydrogens (tertiary/aromatic N) is 2. The molecule has 1 aromatic rings. The molecule has 2 rings (SSSR count). The van der Waals surface area contributed by atoms with Crippen LogP contribution >= 0.6 is 0 Å². The lowest BCUT2D eigenvalue weighted by Crippen LogP contribution is -2.43. The maximum absolute atomic E-state index is 12.3. The van der Waals surface area contributed by atoms with Gasteiger partial charge in [0, 0.05) is 19.1 Å². The molecular weight excluding hydrogens is 286 g/mol. The van der Waals surface area contributed by atoms with E-state index >= 15 is 0 Å². The molecule has 2 unspecified atom stereocenters. The van der Waals surface area contributed by atoms with Gasteiger partial charge in [-0.25, -0.2) is 0 Å². The van der Waals surface area contributed by atoms with Crippen molar-refractivity contribution in [1.29, 1.82) is 0 Å². The fraction of sp³-hybridized carbons (Fsp3) is 0.632. The molecule has 1 fully saturated rings. The maximum atomic E-state index is 12.3. The van der Waals surface area contributed by atoms with E-state index in [4.69, 9.17) is 5.73 Å². The third-order valence-electron chi connectivity index (χ3n) is 5.01. The van der Waals surface area contributed by atoms with Gasteiger partial charge in [-0.15, -0.1) is 0 Å². The first-order valence-corrected chi connectivity index (χ1v) is 8.94. The lowest BCUT2D eigenvalue weighted by Gasteiger charge is -2.27. The van der Waals surface area contributed by atoms with Gasteiger partial charge in [0.2, 0.25) is 5.91 Å². The summed E-state index contributed by atoms with van der Waals surface area (Å²) in [5.41, 5.74) is 8.57. The van der Waals surface area contributed by atoms with E-state index in [9.17, 15) is 4.79 Å². The maximum Gasteiger partial charge on any atom is 0.239 e. The second kappa shape index (κ2) is 8.46. The highest BCUT2D eigenvalue weighted by Crippen LogP contribution is 2.20. The molecule has 1 aliphatic rings. The number of hydrogen-bond acceptors (Lipinski definition) is 3. The molecule has 2 atom stereocenters. The monoisotopic (exact) mass is 317 g/mol. The molecule has 23 heavy (non-hydrogen) atoms. The van der Waals surface area contributed by atoms with Crippen LogP contribution in [-0.2, 0) is 11.2 Å². The molecule has 128 valence electrons. The van der Waals surface area contributed by atoms with Gasteiger partial charge in [0.05, 0.1) is 6.04 Å². The van der Waals surface area contributed by atoms with Crippen LogP contribution in [0.5, 0.6) is 0 Å². The Labute approximate surface area is 140 Å². The quantitative estimate of drug-likeness (QED) is 0.841. The van der Waals surface area contributed by atoms with Crippen molar-refractivity contribution in [3.8, 4) is 0 Å². The Hall–Kier alpha value is -1.39. The standard InChI is InChI=1S/C19H31N3O/c1-4-21(5-2)15(3)17-10-8-16(9-11-17)14-18(20)19(23)22-12-6-7-13-22/h8-11,15,18H,4-7,12-14,20H2,1-3H3. The van der Waals surface area contributed by atoms with Crippen LogP contribution in [0.25, 0.3) is 0 Å². The minimum atomic E-state index is -0.417. The zero-order valence-electron chi connectivity index (χ0n) is 14.8. The predicted octanol–water partition coefficient (Wildman–Crippen LogP) is 2.58. The van der Waals surface area contributed by atoms with Crippen LogP contribution in [0.15, 0.2) is 24.3 Å². The van der Waals surface area contributed by atoms with Crippen molar-refractivity contribution in [3.63, 3.8) is 0 Å². The molecule has 0 radical (unpaired) electrons. The summed E-state index contributed by atoms with van der Waals surface area (Å²) in [5.74, 6) is 0.100. The molecule has 1 heterocycles. The Bertz CT molecular complexity index is 490. The van der Waals surface area contributed by atoms with Gasteiger partial charge in [-0.2, -0.15) is 0 Å². The van der Waals surface area contributed by atoms with Crippen LogP contribution in [0.4, 0.5) is 0 Å². The lowest BCUT2D eigenvalue weighted by atomic mass is 10.0. The van der Waals surface area contributed by atoms with Gasteiger partial charge in [-0.1, -0.05) is 38.1 Å². The van der Waals surface area contributed by atoms with Crippen molar-refractivity contribution >= 4 is 5.91 Å². The highest BCUT2D eigenvalue weighted by molar-refractivity contribution is 5.82. The molecular formula is C19H31N3O. The number of rotatable bonds is 7. The molecule has 0 bridgehead atoms. The number of benzene rings is 1. The number of hydrogen-bond donors (Lipinski definition) is 1. The summed E-state index contributed by atoms with van der Waals surface area (Å²) < 4.78 is 0. The Balaban J connectivity index is 1.95. The fourth-order valence-electron chi connectivity index (χ4n) is 3.43. The van der Waals surface area contributed by atoms with Crippen LogP contribution in [0.3, 0.4) is 0 Å². The minimum absolute atomic E-state index is 0.100. The fourth-order valence-corrected chi connectivity index (χ4v) is 3.43. The van der Waals surface area contributed by atoms with E-state index < -0.39 is 6.04 Å². The van der Waals surface area contributed by atoms with Crippen molar-refractivity contribution in [2.75, 3.05) is 26.2 Å². The van der Waals surface area contributed by atoms with E-state index in [1.165, 1.54) is 5.56 Å². The van der Waals surface area contributed by atoms with Gasteiger partial charge >= 0.3 is 0 Å². The minimum Gasteiger partial charge on any atom is -0.341 e.